The average molecular weight is 445 g/mol. The Bertz CT molecular complexity index is 860. The smallest absolute Gasteiger partial charge is 0.341 e. The van der Waals surface area contributed by atoms with Crippen LogP contribution in [-0.4, -0.2) is 41.8 Å². The Morgan fingerprint density at radius 2 is 2.04 bits per heavy atom. The zero-order valence-corrected chi connectivity index (χ0v) is 15.2. The lowest BCUT2D eigenvalue weighted by atomic mass is 10.1. The predicted molar refractivity (Wildman–Crippen MR) is 98.9 cm³/mol. The van der Waals surface area contributed by atoms with Crippen LogP contribution in [0, 0.1) is 5.82 Å². The van der Waals surface area contributed by atoms with Crippen LogP contribution < -0.4 is 15.6 Å². The predicted octanol–water partition coefficient (Wildman–Crippen LogP) is 2.20. The third kappa shape index (κ3) is 3.00. The van der Waals surface area contributed by atoms with Crippen LogP contribution in [0.3, 0.4) is 0 Å². The van der Waals surface area contributed by atoms with E-state index in [1.807, 2.05) is 11.8 Å². The molecule has 1 saturated heterocycles. The number of pyridine rings is 1. The minimum absolute atomic E-state index is 0.0924. The molecule has 1 aromatic carbocycles. The topological polar surface area (TPSA) is 74.6 Å². The van der Waals surface area contributed by atoms with E-state index in [1.54, 1.807) is 10.6 Å². The molecular weight excluding hydrogens is 428 g/mol. The van der Waals surface area contributed by atoms with Crippen LogP contribution >= 0.6 is 22.6 Å². The van der Waals surface area contributed by atoms with Gasteiger partial charge >= 0.3 is 5.97 Å². The van der Waals surface area contributed by atoms with Crippen LogP contribution in [0.4, 0.5) is 10.1 Å². The summed E-state index contributed by atoms with van der Waals surface area (Å²) in [5.74, 6) is -1.81. The molecule has 3 rings (SSSR count). The molecule has 8 heteroatoms. The molecule has 2 heterocycles. The number of anilines is 1. The van der Waals surface area contributed by atoms with Crippen molar-refractivity contribution in [3.63, 3.8) is 0 Å². The van der Waals surface area contributed by atoms with Crippen molar-refractivity contribution in [2.24, 2.45) is 0 Å². The number of nitrogens with one attached hydrogen (secondary N) is 1. The summed E-state index contributed by atoms with van der Waals surface area (Å²) in [5.41, 5.74) is -0.0176. The number of aromatic nitrogens is 1. The van der Waals surface area contributed by atoms with E-state index in [1.165, 1.54) is 6.20 Å². The molecule has 24 heavy (non-hydrogen) atoms. The Kier molecular flexibility index (Phi) is 4.77. The van der Waals surface area contributed by atoms with Gasteiger partial charge in [0.25, 0.3) is 0 Å². The van der Waals surface area contributed by atoms with E-state index >= 15 is 0 Å². The van der Waals surface area contributed by atoms with Gasteiger partial charge in [0.2, 0.25) is 5.43 Å². The van der Waals surface area contributed by atoms with Crippen molar-refractivity contribution in [2.45, 2.75) is 11.0 Å². The van der Waals surface area contributed by atoms with Crippen molar-refractivity contribution in [3.8, 4) is 0 Å². The average Bonchev–Trinajstić information content (AvgIpc) is 2.55. The molecule has 0 amide bonds. The first-order valence-electron chi connectivity index (χ1n) is 7.61. The third-order valence-corrected chi connectivity index (χ3v) is 4.77. The summed E-state index contributed by atoms with van der Waals surface area (Å²) in [6.07, 6.45) is 1.34. The second kappa shape index (κ2) is 6.67. The maximum Gasteiger partial charge on any atom is 0.341 e. The van der Waals surface area contributed by atoms with Gasteiger partial charge in [-0.15, -0.1) is 0 Å². The van der Waals surface area contributed by atoms with Crippen LogP contribution in [-0.2, 0) is 0 Å². The number of carboxylic acid groups (broad SMARTS) is 1. The van der Waals surface area contributed by atoms with E-state index in [9.17, 15) is 19.1 Å². The molecule has 1 aromatic heterocycles. The summed E-state index contributed by atoms with van der Waals surface area (Å²) in [5, 5.41) is 12.5. The monoisotopic (exact) mass is 445 g/mol. The van der Waals surface area contributed by atoms with E-state index in [0.717, 1.165) is 19.2 Å². The number of fused-ring (bicyclic) bond motifs is 1. The van der Waals surface area contributed by atoms with E-state index in [4.69, 9.17) is 0 Å². The van der Waals surface area contributed by atoms with E-state index < -0.39 is 17.2 Å². The Hall–Kier alpha value is -1.68. The Morgan fingerprint density at radius 3 is 2.62 bits per heavy atom. The van der Waals surface area contributed by atoms with Crippen molar-refractivity contribution >= 4 is 45.2 Å². The fraction of sp³-hybridized carbons (Fsp3) is 0.375. The van der Waals surface area contributed by atoms with Gasteiger partial charge in [-0.1, -0.05) is 22.6 Å². The Morgan fingerprint density at radius 1 is 1.38 bits per heavy atom. The number of carboxylic acids is 1. The molecule has 1 unspecified atom stereocenters. The highest BCUT2D eigenvalue weighted by Gasteiger charge is 2.21. The molecule has 0 aliphatic carbocycles. The molecule has 0 spiro atoms. The van der Waals surface area contributed by atoms with Gasteiger partial charge in [0.1, 0.15) is 11.4 Å². The zero-order chi connectivity index (χ0) is 17.4. The number of rotatable bonds is 3. The van der Waals surface area contributed by atoms with Gasteiger partial charge in [-0.2, -0.15) is 0 Å². The summed E-state index contributed by atoms with van der Waals surface area (Å²) in [4.78, 5) is 25.6. The Balaban J connectivity index is 2.28. The second-order valence-corrected chi connectivity index (χ2v) is 7.52. The van der Waals surface area contributed by atoms with Gasteiger partial charge in [-0.05, 0) is 19.1 Å². The van der Waals surface area contributed by atoms with Crippen LogP contribution in [0.25, 0.3) is 10.9 Å². The van der Waals surface area contributed by atoms with Crippen molar-refractivity contribution in [2.75, 3.05) is 31.1 Å². The fourth-order valence-corrected chi connectivity index (χ4v) is 3.41. The number of benzene rings is 1. The van der Waals surface area contributed by atoms with E-state index in [-0.39, 0.29) is 15.0 Å². The number of carbonyl (C=O) groups is 1. The van der Waals surface area contributed by atoms with Gasteiger partial charge in [0.05, 0.1) is 15.3 Å². The summed E-state index contributed by atoms with van der Waals surface area (Å²) in [6.45, 7) is 4.78. The largest absolute Gasteiger partial charge is 0.477 e. The summed E-state index contributed by atoms with van der Waals surface area (Å²) >= 11 is 2.13. The van der Waals surface area contributed by atoms with Gasteiger partial charge in [-0.25, -0.2) is 9.18 Å². The van der Waals surface area contributed by atoms with Crippen molar-refractivity contribution < 1.29 is 14.3 Å². The van der Waals surface area contributed by atoms with Gasteiger partial charge in [0, 0.05) is 37.8 Å². The lowest BCUT2D eigenvalue weighted by molar-refractivity contribution is 0.0695. The second-order valence-electron chi connectivity index (χ2n) is 5.72. The molecule has 1 fully saturated rings. The van der Waals surface area contributed by atoms with Crippen LogP contribution in [0.5, 0.6) is 0 Å². The molecule has 0 saturated carbocycles. The molecule has 128 valence electrons. The number of halogens is 2. The first-order chi connectivity index (χ1) is 11.4. The summed E-state index contributed by atoms with van der Waals surface area (Å²) in [7, 11) is 0. The standard InChI is InChI=1S/C16H17FIN3O3/c1-9(18)21-8-11(16(23)24)15(22)10-6-12(17)14(7-13(10)21)20-4-2-19-3-5-20/h6-9,19H,2-5H2,1H3,(H,23,24). The van der Waals surface area contributed by atoms with Gasteiger partial charge in [-0.3, -0.25) is 4.79 Å². The van der Waals surface area contributed by atoms with Crippen molar-refractivity contribution in [3.05, 3.63) is 39.9 Å². The Labute approximate surface area is 151 Å². The lowest BCUT2D eigenvalue weighted by Gasteiger charge is -2.30. The number of aromatic carboxylic acids is 1. The first kappa shape index (κ1) is 17.2. The molecular formula is C16H17FIN3O3. The maximum atomic E-state index is 14.6. The minimum Gasteiger partial charge on any atom is -0.477 e. The first-order valence-corrected chi connectivity index (χ1v) is 8.86. The maximum absolute atomic E-state index is 14.6. The van der Waals surface area contributed by atoms with Crippen molar-refractivity contribution in [1.29, 1.82) is 0 Å². The zero-order valence-electron chi connectivity index (χ0n) is 13.1. The normalized spacial score (nSPS) is 16.4. The van der Waals surface area contributed by atoms with Crippen LogP contribution in [0.15, 0.2) is 23.1 Å². The molecule has 2 N–H and O–H groups in total. The molecule has 2 aromatic rings. The number of piperazine rings is 1. The number of alkyl halides is 1. The number of nitrogens with zero attached hydrogens (tertiary/aromatic N) is 2. The minimum atomic E-state index is -1.31. The quantitative estimate of drug-likeness (QED) is 0.560. The van der Waals surface area contributed by atoms with Gasteiger partial charge < -0.3 is 19.9 Å². The molecule has 6 nitrogen and oxygen atoms in total. The van der Waals surface area contributed by atoms with Crippen molar-refractivity contribution in [1.82, 2.24) is 9.88 Å². The third-order valence-electron chi connectivity index (χ3n) is 4.17. The van der Waals surface area contributed by atoms with E-state index in [2.05, 4.69) is 27.9 Å². The summed E-state index contributed by atoms with van der Waals surface area (Å²) < 4.78 is 16.2. The molecule has 1 atom stereocenters. The fourth-order valence-electron chi connectivity index (χ4n) is 2.95. The molecule has 1 aliphatic rings. The lowest BCUT2D eigenvalue weighted by Crippen LogP contribution is -2.43. The van der Waals surface area contributed by atoms with Crippen LogP contribution in [0.2, 0.25) is 0 Å². The number of hydrogen-bond donors (Lipinski definition) is 2. The molecule has 0 radical (unpaired) electrons. The highest BCUT2D eigenvalue weighted by Crippen LogP contribution is 2.28. The summed E-state index contributed by atoms with van der Waals surface area (Å²) in [6, 6.07) is 2.81. The van der Waals surface area contributed by atoms with E-state index in [0.29, 0.717) is 24.3 Å². The molecule has 0 bridgehead atoms. The SMILES string of the molecule is CC(I)n1cc(C(=O)O)c(=O)c2cc(F)c(N3CCNCC3)cc21. The highest BCUT2D eigenvalue weighted by atomic mass is 127. The molecule has 1 aliphatic heterocycles. The van der Waals surface area contributed by atoms with Crippen LogP contribution in [0.1, 0.15) is 21.3 Å². The highest BCUT2D eigenvalue weighted by molar-refractivity contribution is 14.1. The van der Waals surface area contributed by atoms with Gasteiger partial charge in [0.15, 0.2) is 0 Å². The number of hydrogen-bond acceptors (Lipinski definition) is 4.